The molecule has 1 fully saturated rings. The Bertz CT molecular complexity index is 527. The summed E-state index contributed by atoms with van der Waals surface area (Å²) in [6, 6.07) is 18.3. The van der Waals surface area contributed by atoms with E-state index in [-0.39, 0.29) is 12.1 Å². The molecule has 0 aliphatic carbocycles. The first-order chi connectivity index (χ1) is 8.84. The molecule has 0 saturated carbocycles. The number of para-hydroxylation sites is 1. The highest BCUT2D eigenvalue weighted by Gasteiger charge is 2.27. The molecule has 1 aliphatic heterocycles. The molecule has 0 unspecified atom stereocenters. The van der Waals surface area contributed by atoms with E-state index in [2.05, 4.69) is 23.0 Å². The largest absolute Gasteiger partial charge is 0.508 e. The number of aromatic hydroxyl groups is 1. The number of phenolic OH excluding ortho intramolecular Hbond substituents is 1. The summed E-state index contributed by atoms with van der Waals surface area (Å²) < 4.78 is 0. The van der Waals surface area contributed by atoms with Crippen molar-refractivity contribution in [2.45, 2.75) is 18.5 Å². The van der Waals surface area contributed by atoms with Crippen LogP contribution in [0.2, 0.25) is 0 Å². The van der Waals surface area contributed by atoms with Gasteiger partial charge in [0.2, 0.25) is 0 Å². The van der Waals surface area contributed by atoms with Crippen LogP contribution in [-0.2, 0) is 0 Å². The van der Waals surface area contributed by atoms with Crippen molar-refractivity contribution in [1.82, 2.24) is 10.9 Å². The lowest BCUT2D eigenvalue weighted by Gasteiger charge is -2.11. The molecule has 3 heteroatoms. The summed E-state index contributed by atoms with van der Waals surface area (Å²) in [5, 5.41) is 9.86. The first kappa shape index (κ1) is 11.3. The van der Waals surface area contributed by atoms with E-state index in [9.17, 15) is 5.11 Å². The highest BCUT2D eigenvalue weighted by Crippen LogP contribution is 2.34. The maximum absolute atomic E-state index is 9.86. The van der Waals surface area contributed by atoms with Crippen molar-refractivity contribution in [2.75, 3.05) is 0 Å². The lowest BCUT2D eigenvalue weighted by molar-refractivity contribution is 0.453. The first-order valence-electron chi connectivity index (χ1n) is 6.18. The normalized spacial score (nSPS) is 23.1. The molecule has 1 heterocycles. The van der Waals surface area contributed by atoms with Crippen molar-refractivity contribution in [3.05, 3.63) is 65.7 Å². The van der Waals surface area contributed by atoms with Gasteiger partial charge in [-0.3, -0.25) is 0 Å². The molecule has 1 saturated heterocycles. The number of benzene rings is 2. The Morgan fingerprint density at radius 3 is 2.28 bits per heavy atom. The fourth-order valence-electron chi connectivity index (χ4n) is 2.45. The van der Waals surface area contributed by atoms with Crippen molar-refractivity contribution in [2.24, 2.45) is 0 Å². The van der Waals surface area contributed by atoms with Gasteiger partial charge in [-0.05, 0) is 18.1 Å². The van der Waals surface area contributed by atoms with E-state index in [1.807, 2.05) is 36.4 Å². The zero-order valence-corrected chi connectivity index (χ0v) is 10.0. The van der Waals surface area contributed by atoms with Crippen LogP contribution in [0.25, 0.3) is 0 Å². The number of phenols is 1. The van der Waals surface area contributed by atoms with Gasteiger partial charge in [0.15, 0.2) is 0 Å². The summed E-state index contributed by atoms with van der Waals surface area (Å²) in [6.45, 7) is 0. The zero-order chi connectivity index (χ0) is 12.4. The molecule has 3 nitrogen and oxygen atoms in total. The van der Waals surface area contributed by atoms with Gasteiger partial charge in [-0.25, -0.2) is 10.9 Å². The monoisotopic (exact) mass is 240 g/mol. The maximum atomic E-state index is 9.86. The third-order valence-electron chi connectivity index (χ3n) is 3.42. The van der Waals surface area contributed by atoms with E-state index >= 15 is 0 Å². The third-order valence-corrected chi connectivity index (χ3v) is 3.42. The van der Waals surface area contributed by atoms with Crippen LogP contribution in [-0.4, -0.2) is 5.11 Å². The van der Waals surface area contributed by atoms with Crippen molar-refractivity contribution in [3.63, 3.8) is 0 Å². The molecule has 92 valence electrons. The third kappa shape index (κ3) is 2.10. The smallest absolute Gasteiger partial charge is 0.120 e. The van der Waals surface area contributed by atoms with Crippen LogP contribution in [0.3, 0.4) is 0 Å². The molecule has 3 N–H and O–H groups in total. The highest BCUT2D eigenvalue weighted by molar-refractivity contribution is 5.35. The lowest BCUT2D eigenvalue weighted by atomic mass is 9.97. The topological polar surface area (TPSA) is 44.3 Å². The number of hydrogen-bond acceptors (Lipinski definition) is 3. The lowest BCUT2D eigenvalue weighted by Crippen LogP contribution is -2.26. The van der Waals surface area contributed by atoms with Gasteiger partial charge in [0.25, 0.3) is 0 Å². The van der Waals surface area contributed by atoms with Crippen LogP contribution in [0.5, 0.6) is 5.75 Å². The Labute approximate surface area is 106 Å². The summed E-state index contributed by atoms with van der Waals surface area (Å²) >= 11 is 0. The first-order valence-corrected chi connectivity index (χ1v) is 6.18. The van der Waals surface area contributed by atoms with Gasteiger partial charge in [0, 0.05) is 11.6 Å². The Kier molecular flexibility index (Phi) is 3.00. The van der Waals surface area contributed by atoms with E-state index in [4.69, 9.17) is 0 Å². The van der Waals surface area contributed by atoms with Gasteiger partial charge in [-0.1, -0.05) is 48.5 Å². The van der Waals surface area contributed by atoms with E-state index in [0.29, 0.717) is 5.75 Å². The fourth-order valence-corrected chi connectivity index (χ4v) is 2.45. The fraction of sp³-hybridized carbons (Fsp3) is 0.200. The molecule has 0 radical (unpaired) electrons. The molecular weight excluding hydrogens is 224 g/mol. The second-order valence-electron chi connectivity index (χ2n) is 4.60. The second kappa shape index (κ2) is 4.80. The number of rotatable bonds is 2. The Hall–Kier alpha value is -1.84. The van der Waals surface area contributed by atoms with Crippen LogP contribution in [0.1, 0.15) is 29.6 Å². The SMILES string of the molecule is Oc1ccccc1[C@@H]1C[C@@H](c2ccccc2)NN1. The van der Waals surface area contributed by atoms with Gasteiger partial charge in [-0.15, -0.1) is 0 Å². The van der Waals surface area contributed by atoms with Gasteiger partial charge >= 0.3 is 0 Å². The average molecular weight is 240 g/mol. The molecule has 2 aromatic carbocycles. The number of hydrazine groups is 1. The van der Waals surface area contributed by atoms with Gasteiger partial charge in [0.05, 0.1) is 6.04 Å². The Morgan fingerprint density at radius 2 is 1.50 bits per heavy atom. The Balaban J connectivity index is 1.78. The minimum Gasteiger partial charge on any atom is -0.508 e. The van der Waals surface area contributed by atoms with Crippen molar-refractivity contribution in [3.8, 4) is 5.75 Å². The molecule has 2 aromatic rings. The molecule has 0 spiro atoms. The summed E-state index contributed by atoms with van der Waals surface area (Å²) in [6.07, 6.45) is 0.932. The number of nitrogens with one attached hydrogen (secondary N) is 2. The molecule has 0 bridgehead atoms. The summed E-state index contributed by atoms with van der Waals surface area (Å²) in [5.41, 5.74) is 8.75. The predicted molar refractivity (Wildman–Crippen MR) is 70.9 cm³/mol. The molecule has 2 atom stereocenters. The van der Waals surface area contributed by atoms with Crippen LogP contribution < -0.4 is 10.9 Å². The van der Waals surface area contributed by atoms with Gasteiger partial charge < -0.3 is 5.11 Å². The Morgan fingerprint density at radius 1 is 0.833 bits per heavy atom. The zero-order valence-electron chi connectivity index (χ0n) is 10.0. The quantitative estimate of drug-likeness (QED) is 0.756. The van der Waals surface area contributed by atoms with Crippen molar-refractivity contribution >= 4 is 0 Å². The minimum atomic E-state index is 0.149. The van der Waals surface area contributed by atoms with E-state index < -0.39 is 0 Å². The van der Waals surface area contributed by atoms with Gasteiger partial charge in [-0.2, -0.15) is 0 Å². The predicted octanol–water partition coefficient (Wildman–Crippen LogP) is 2.67. The van der Waals surface area contributed by atoms with Crippen molar-refractivity contribution < 1.29 is 5.11 Å². The van der Waals surface area contributed by atoms with E-state index in [0.717, 1.165) is 12.0 Å². The molecule has 0 amide bonds. The second-order valence-corrected chi connectivity index (χ2v) is 4.60. The van der Waals surface area contributed by atoms with Crippen LogP contribution in [0, 0.1) is 0 Å². The molecule has 1 aliphatic rings. The van der Waals surface area contributed by atoms with Crippen LogP contribution in [0.4, 0.5) is 0 Å². The highest BCUT2D eigenvalue weighted by atomic mass is 16.3. The van der Waals surface area contributed by atoms with Gasteiger partial charge in [0.1, 0.15) is 5.75 Å². The summed E-state index contributed by atoms with van der Waals surface area (Å²) in [7, 11) is 0. The standard InChI is InChI=1S/C15H16N2O/c18-15-9-5-4-8-12(15)14-10-13(16-17-14)11-6-2-1-3-7-11/h1-9,13-14,16-18H,10H2/t13-,14-/m0/s1. The summed E-state index contributed by atoms with van der Waals surface area (Å²) in [4.78, 5) is 0. The molecular formula is C15H16N2O. The summed E-state index contributed by atoms with van der Waals surface area (Å²) in [5.74, 6) is 0.352. The van der Waals surface area contributed by atoms with E-state index in [1.165, 1.54) is 5.56 Å². The van der Waals surface area contributed by atoms with E-state index in [1.54, 1.807) is 6.07 Å². The number of hydrogen-bond donors (Lipinski definition) is 3. The van der Waals surface area contributed by atoms with Crippen molar-refractivity contribution in [1.29, 1.82) is 0 Å². The minimum absolute atomic E-state index is 0.149. The molecule has 3 rings (SSSR count). The molecule has 18 heavy (non-hydrogen) atoms. The van der Waals surface area contributed by atoms with Crippen LogP contribution in [0.15, 0.2) is 54.6 Å². The van der Waals surface area contributed by atoms with Crippen LogP contribution >= 0.6 is 0 Å². The molecule has 0 aromatic heterocycles. The average Bonchev–Trinajstić information content (AvgIpc) is 2.90. The maximum Gasteiger partial charge on any atom is 0.120 e.